The summed E-state index contributed by atoms with van der Waals surface area (Å²) in [6.07, 6.45) is 2.63. The Hall–Kier alpha value is -1.34. The summed E-state index contributed by atoms with van der Waals surface area (Å²) in [4.78, 5) is 13.8. The molecule has 4 rings (SSSR count). The molecule has 0 saturated carbocycles. The zero-order chi connectivity index (χ0) is 18.4. The normalized spacial score (nSPS) is 28.7. The van der Waals surface area contributed by atoms with Gasteiger partial charge in [-0.3, -0.25) is 0 Å². The number of alkyl halides is 2. The van der Waals surface area contributed by atoms with Gasteiger partial charge in [0.2, 0.25) is 5.95 Å². The highest BCUT2D eigenvalue weighted by Crippen LogP contribution is 2.40. The number of hydrogen-bond acceptors (Lipinski definition) is 5. The Bertz CT molecular complexity index is 659. The lowest BCUT2D eigenvalue weighted by Gasteiger charge is -2.36. The number of aromatic nitrogens is 2. The Labute approximate surface area is 153 Å². The second kappa shape index (κ2) is 6.68. The van der Waals surface area contributed by atoms with E-state index in [-0.39, 0.29) is 18.3 Å². The third-order valence-electron chi connectivity index (χ3n) is 5.82. The molecule has 3 aliphatic heterocycles. The van der Waals surface area contributed by atoms with Gasteiger partial charge < -0.3 is 14.5 Å². The Kier molecular flexibility index (Phi) is 4.63. The summed E-state index contributed by atoms with van der Waals surface area (Å²) in [5, 5.41) is 0. The molecule has 7 heteroatoms. The molecule has 0 aliphatic carbocycles. The van der Waals surface area contributed by atoms with Gasteiger partial charge >= 0.3 is 0 Å². The highest BCUT2D eigenvalue weighted by molar-refractivity contribution is 5.39. The minimum Gasteiger partial charge on any atom is -0.376 e. The van der Waals surface area contributed by atoms with Gasteiger partial charge in [-0.15, -0.1) is 0 Å². The highest BCUT2D eigenvalue weighted by Gasteiger charge is 2.45. The van der Waals surface area contributed by atoms with Crippen molar-refractivity contribution in [2.24, 2.45) is 5.92 Å². The van der Waals surface area contributed by atoms with Crippen LogP contribution in [0.25, 0.3) is 0 Å². The number of rotatable bonds is 3. The Balaban J connectivity index is 1.58. The van der Waals surface area contributed by atoms with Gasteiger partial charge in [-0.25, -0.2) is 18.7 Å². The monoisotopic (exact) mass is 366 g/mol. The number of halogens is 2. The molecule has 3 aliphatic rings. The number of ether oxygens (including phenoxy) is 1. The largest absolute Gasteiger partial charge is 0.376 e. The van der Waals surface area contributed by atoms with Crippen molar-refractivity contribution in [2.45, 2.75) is 51.1 Å². The van der Waals surface area contributed by atoms with E-state index in [1.807, 2.05) is 11.1 Å². The molecule has 1 atom stereocenters. The molecule has 0 aromatic carbocycles. The van der Waals surface area contributed by atoms with Gasteiger partial charge in [0.25, 0.3) is 5.92 Å². The van der Waals surface area contributed by atoms with Gasteiger partial charge in [-0.2, -0.15) is 0 Å². The lowest BCUT2D eigenvalue weighted by molar-refractivity contribution is -0.0223. The molecule has 2 fully saturated rings. The minimum absolute atomic E-state index is 0.0834. The van der Waals surface area contributed by atoms with Crippen LogP contribution in [0.5, 0.6) is 0 Å². The molecule has 144 valence electrons. The standard InChI is InChI=1S/C19H28F2N4O/c1-14(2)10-24-6-3-18(12-24)13-26-11-15-9-22-17(23-16(15)18)25-7-4-19(20,21)5-8-25/h9,14H,3-8,10-13H2,1-2H3/t18-/m0/s1. The number of anilines is 1. The molecule has 0 amide bonds. The van der Waals surface area contributed by atoms with Gasteiger partial charge in [0, 0.05) is 50.8 Å². The van der Waals surface area contributed by atoms with Crippen molar-refractivity contribution in [3.63, 3.8) is 0 Å². The zero-order valence-corrected chi connectivity index (χ0v) is 15.7. The van der Waals surface area contributed by atoms with Crippen LogP contribution in [-0.4, -0.2) is 60.1 Å². The second-order valence-electron chi connectivity index (χ2n) is 8.54. The van der Waals surface area contributed by atoms with Crippen LogP contribution in [0.4, 0.5) is 14.7 Å². The lowest BCUT2D eigenvalue weighted by atomic mass is 9.80. The predicted octanol–water partition coefficient (Wildman–Crippen LogP) is 2.84. The smallest absolute Gasteiger partial charge is 0.251 e. The van der Waals surface area contributed by atoms with Crippen LogP contribution in [-0.2, 0) is 16.8 Å². The van der Waals surface area contributed by atoms with E-state index >= 15 is 0 Å². The third kappa shape index (κ3) is 3.43. The molecule has 0 unspecified atom stereocenters. The molecule has 5 nitrogen and oxygen atoms in total. The topological polar surface area (TPSA) is 41.5 Å². The molecular formula is C19H28F2N4O. The lowest BCUT2D eigenvalue weighted by Crippen LogP contribution is -2.43. The zero-order valence-electron chi connectivity index (χ0n) is 15.7. The average Bonchev–Trinajstić information content (AvgIpc) is 2.98. The molecule has 1 aromatic rings. The first-order chi connectivity index (χ1) is 12.4. The number of hydrogen-bond donors (Lipinski definition) is 0. The van der Waals surface area contributed by atoms with Crippen molar-refractivity contribution in [1.82, 2.24) is 14.9 Å². The molecule has 1 spiro atoms. The van der Waals surface area contributed by atoms with E-state index in [1.54, 1.807) is 0 Å². The van der Waals surface area contributed by atoms with Gasteiger partial charge in [-0.05, 0) is 18.9 Å². The van der Waals surface area contributed by atoms with Crippen LogP contribution in [0.15, 0.2) is 6.20 Å². The number of likely N-dealkylation sites (tertiary alicyclic amines) is 1. The third-order valence-corrected chi connectivity index (χ3v) is 5.82. The Morgan fingerprint density at radius 1 is 1.19 bits per heavy atom. The minimum atomic E-state index is -2.55. The van der Waals surface area contributed by atoms with Crippen molar-refractivity contribution in [1.29, 1.82) is 0 Å². The second-order valence-corrected chi connectivity index (χ2v) is 8.54. The molecule has 0 bridgehead atoms. The van der Waals surface area contributed by atoms with E-state index in [1.165, 1.54) is 0 Å². The van der Waals surface area contributed by atoms with Crippen LogP contribution < -0.4 is 4.90 Å². The average molecular weight is 366 g/mol. The summed E-state index contributed by atoms with van der Waals surface area (Å²) in [5.41, 5.74) is 2.05. The highest BCUT2D eigenvalue weighted by atomic mass is 19.3. The predicted molar refractivity (Wildman–Crippen MR) is 95.7 cm³/mol. The first kappa shape index (κ1) is 18.0. The molecular weight excluding hydrogens is 338 g/mol. The maximum Gasteiger partial charge on any atom is 0.251 e. The molecule has 0 N–H and O–H groups in total. The van der Waals surface area contributed by atoms with Gasteiger partial charge in [0.1, 0.15) is 0 Å². The number of nitrogens with zero attached hydrogens (tertiary/aromatic N) is 4. The summed E-state index contributed by atoms with van der Waals surface area (Å²) in [5.74, 6) is -1.32. The fourth-order valence-corrected chi connectivity index (χ4v) is 4.51. The Morgan fingerprint density at radius 2 is 1.96 bits per heavy atom. The summed E-state index contributed by atoms with van der Waals surface area (Å²) >= 11 is 0. The maximum absolute atomic E-state index is 13.5. The van der Waals surface area contributed by atoms with E-state index in [0.717, 1.165) is 37.3 Å². The first-order valence-electron chi connectivity index (χ1n) is 9.66. The van der Waals surface area contributed by atoms with Gasteiger partial charge in [0.15, 0.2) is 0 Å². The fraction of sp³-hybridized carbons (Fsp3) is 0.789. The van der Waals surface area contributed by atoms with E-state index in [0.29, 0.717) is 38.2 Å². The first-order valence-corrected chi connectivity index (χ1v) is 9.66. The maximum atomic E-state index is 13.5. The van der Waals surface area contributed by atoms with Crippen LogP contribution in [0, 0.1) is 5.92 Å². The molecule has 26 heavy (non-hydrogen) atoms. The number of fused-ring (bicyclic) bond motifs is 2. The van der Waals surface area contributed by atoms with Crippen molar-refractivity contribution >= 4 is 5.95 Å². The van der Waals surface area contributed by atoms with Crippen molar-refractivity contribution < 1.29 is 13.5 Å². The van der Waals surface area contributed by atoms with Gasteiger partial charge in [0.05, 0.1) is 24.3 Å². The van der Waals surface area contributed by atoms with Crippen LogP contribution >= 0.6 is 0 Å². The van der Waals surface area contributed by atoms with Crippen molar-refractivity contribution in [2.75, 3.05) is 44.2 Å². The van der Waals surface area contributed by atoms with Crippen molar-refractivity contribution in [3.05, 3.63) is 17.5 Å². The Morgan fingerprint density at radius 3 is 2.69 bits per heavy atom. The van der Waals surface area contributed by atoms with E-state index in [2.05, 4.69) is 23.7 Å². The van der Waals surface area contributed by atoms with Gasteiger partial charge in [-0.1, -0.05) is 13.8 Å². The number of piperidine rings is 1. The molecule has 4 heterocycles. The molecule has 1 aromatic heterocycles. The summed E-state index contributed by atoms with van der Waals surface area (Å²) < 4.78 is 32.8. The SMILES string of the molecule is CC(C)CN1CC[C@@]2(COCc3cnc(N4CCC(F)(F)CC4)nc32)C1. The van der Waals surface area contributed by atoms with E-state index in [4.69, 9.17) is 9.72 Å². The van der Waals surface area contributed by atoms with E-state index < -0.39 is 5.92 Å². The molecule has 2 saturated heterocycles. The van der Waals surface area contributed by atoms with Crippen LogP contribution in [0.3, 0.4) is 0 Å². The fourth-order valence-electron chi connectivity index (χ4n) is 4.51. The summed E-state index contributed by atoms with van der Waals surface area (Å²) in [7, 11) is 0. The van der Waals surface area contributed by atoms with Crippen LogP contribution in [0.2, 0.25) is 0 Å². The van der Waals surface area contributed by atoms with Crippen LogP contribution in [0.1, 0.15) is 44.4 Å². The summed E-state index contributed by atoms with van der Waals surface area (Å²) in [6, 6.07) is 0. The summed E-state index contributed by atoms with van der Waals surface area (Å²) in [6.45, 7) is 9.41. The molecule has 0 radical (unpaired) electrons. The van der Waals surface area contributed by atoms with Crippen molar-refractivity contribution in [3.8, 4) is 0 Å². The van der Waals surface area contributed by atoms with E-state index in [9.17, 15) is 8.78 Å². The quantitative estimate of drug-likeness (QED) is 0.823.